The van der Waals surface area contributed by atoms with E-state index >= 15 is 0 Å². The smallest absolute Gasteiger partial charge is 0.255 e. The fraction of sp³-hybridized carbons (Fsp3) is 0.0526. The van der Waals surface area contributed by atoms with E-state index in [-0.39, 0.29) is 5.91 Å². The summed E-state index contributed by atoms with van der Waals surface area (Å²) in [6, 6.07) is 17.5. The summed E-state index contributed by atoms with van der Waals surface area (Å²) in [5.41, 5.74) is 8.28. The van der Waals surface area contributed by atoms with Gasteiger partial charge >= 0.3 is 0 Å². The third kappa shape index (κ3) is 3.87. The minimum absolute atomic E-state index is 0.247. The minimum atomic E-state index is -0.247. The Bertz CT molecular complexity index is 858. The third-order valence-electron chi connectivity index (χ3n) is 3.69. The quantitative estimate of drug-likeness (QED) is 0.534. The first-order chi connectivity index (χ1) is 12.2. The lowest BCUT2D eigenvalue weighted by Gasteiger charge is -2.14. The zero-order valence-electron chi connectivity index (χ0n) is 13.4. The molecule has 1 heterocycles. The molecule has 3 aromatic rings. The summed E-state index contributed by atoms with van der Waals surface area (Å²) in [4.78, 5) is 24.9. The summed E-state index contributed by atoms with van der Waals surface area (Å²) in [6.07, 6.45) is 2.21. The number of nitrogen functional groups attached to an aromatic ring is 1. The number of hydrogen-bond acceptors (Lipinski definition) is 4. The fourth-order valence-electron chi connectivity index (χ4n) is 2.36. The van der Waals surface area contributed by atoms with Crippen molar-refractivity contribution in [2.75, 3.05) is 16.0 Å². The van der Waals surface area contributed by atoms with E-state index in [1.54, 1.807) is 60.7 Å². The fourth-order valence-corrected chi connectivity index (χ4v) is 2.36. The van der Waals surface area contributed by atoms with Gasteiger partial charge in [-0.15, -0.1) is 0 Å². The van der Waals surface area contributed by atoms with Crippen molar-refractivity contribution in [3.8, 4) is 0 Å². The molecular weight excluding hydrogens is 318 g/mol. The van der Waals surface area contributed by atoms with Crippen molar-refractivity contribution >= 4 is 29.6 Å². The molecule has 0 spiro atoms. The van der Waals surface area contributed by atoms with Crippen LogP contribution in [-0.2, 0) is 11.3 Å². The highest BCUT2D eigenvalue weighted by Gasteiger charge is 2.11. The number of furan rings is 1. The molecule has 0 aliphatic rings. The van der Waals surface area contributed by atoms with Crippen LogP contribution in [-0.4, -0.2) is 12.3 Å². The van der Waals surface area contributed by atoms with Crippen LogP contribution in [0.4, 0.5) is 17.3 Å². The van der Waals surface area contributed by atoms with Crippen molar-refractivity contribution in [1.82, 2.24) is 0 Å². The molecule has 3 N–H and O–H groups in total. The van der Waals surface area contributed by atoms with E-state index in [2.05, 4.69) is 5.32 Å². The lowest BCUT2D eigenvalue weighted by atomic mass is 10.1. The maximum absolute atomic E-state index is 12.3. The molecule has 126 valence electrons. The highest BCUT2D eigenvalue weighted by Crippen LogP contribution is 2.19. The first kappa shape index (κ1) is 16.3. The first-order valence-corrected chi connectivity index (χ1v) is 7.67. The Labute approximate surface area is 144 Å². The normalized spacial score (nSPS) is 10.2. The number of rotatable bonds is 6. The van der Waals surface area contributed by atoms with Crippen molar-refractivity contribution < 1.29 is 14.0 Å². The van der Waals surface area contributed by atoms with E-state index in [4.69, 9.17) is 10.2 Å². The molecule has 0 atom stereocenters. The number of amides is 2. The van der Waals surface area contributed by atoms with Gasteiger partial charge in [-0.25, -0.2) is 0 Å². The Morgan fingerprint density at radius 1 is 1.08 bits per heavy atom. The number of carbonyl (C=O) groups excluding carboxylic acids is 2. The molecule has 2 amide bonds. The van der Waals surface area contributed by atoms with Gasteiger partial charge in [-0.05, 0) is 35.9 Å². The maximum Gasteiger partial charge on any atom is 0.255 e. The van der Waals surface area contributed by atoms with Gasteiger partial charge in [-0.3, -0.25) is 14.5 Å². The number of para-hydroxylation sites is 2. The summed E-state index contributed by atoms with van der Waals surface area (Å²) >= 11 is 0. The number of carbonyl (C=O) groups is 2. The lowest BCUT2D eigenvalue weighted by molar-refractivity contribution is -0.107. The molecule has 3 rings (SSSR count). The summed E-state index contributed by atoms with van der Waals surface area (Å²) in [7, 11) is 0. The molecule has 0 bridgehead atoms. The number of nitrogens with two attached hydrogens (primary N) is 1. The summed E-state index contributed by atoms with van der Waals surface area (Å²) in [6.45, 7) is 0.352. The van der Waals surface area contributed by atoms with Crippen molar-refractivity contribution in [3.63, 3.8) is 0 Å². The molecule has 25 heavy (non-hydrogen) atoms. The van der Waals surface area contributed by atoms with Gasteiger partial charge in [0.2, 0.25) is 12.3 Å². The lowest BCUT2D eigenvalue weighted by Crippen LogP contribution is -2.19. The number of benzene rings is 2. The van der Waals surface area contributed by atoms with Gasteiger partial charge < -0.3 is 15.5 Å². The molecule has 6 heteroatoms. The van der Waals surface area contributed by atoms with Crippen LogP contribution in [0, 0.1) is 0 Å². The van der Waals surface area contributed by atoms with Crippen LogP contribution in [0.25, 0.3) is 0 Å². The molecule has 0 aliphatic carbocycles. The summed E-state index contributed by atoms with van der Waals surface area (Å²) in [5, 5.41) is 2.77. The van der Waals surface area contributed by atoms with Crippen LogP contribution < -0.4 is 16.0 Å². The second-order valence-electron chi connectivity index (χ2n) is 5.42. The van der Waals surface area contributed by atoms with E-state index in [1.165, 1.54) is 11.2 Å². The Morgan fingerprint density at radius 3 is 2.48 bits per heavy atom. The van der Waals surface area contributed by atoms with Crippen LogP contribution in [0.1, 0.15) is 15.9 Å². The molecule has 2 aromatic carbocycles. The molecule has 0 unspecified atom stereocenters. The van der Waals surface area contributed by atoms with E-state index < -0.39 is 0 Å². The van der Waals surface area contributed by atoms with Crippen LogP contribution >= 0.6 is 0 Å². The van der Waals surface area contributed by atoms with E-state index in [1.807, 2.05) is 0 Å². The highest BCUT2D eigenvalue weighted by atomic mass is 16.3. The highest BCUT2D eigenvalue weighted by molar-refractivity contribution is 6.05. The van der Waals surface area contributed by atoms with E-state index in [9.17, 15) is 9.59 Å². The number of anilines is 3. The molecule has 1 aromatic heterocycles. The topological polar surface area (TPSA) is 88.6 Å². The molecule has 0 aliphatic heterocycles. The van der Waals surface area contributed by atoms with Crippen molar-refractivity contribution in [2.45, 2.75) is 6.54 Å². The SMILES string of the molecule is Nc1ccccc1NC(=O)c1ccc(CN(C=O)c2ccco2)cc1. The average Bonchev–Trinajstić information content (AvgIpc) is 3.16. The maximum atomic E-state index is 12.3. The Morgan fingerprint density at radius 2 is 1.84 bits per heavy atom. The van der Waals surface area contributed by atoms with Crippen LogP contribution in [0.3, 0.4) is 0 Å². The van der Waals surface area contributed by atoms with Gasteiger partial charge in [0, 0.05) is 11.6 Å². The number of hydrogen-bond donors (Lipinski definition) is 2. The zero-order chi connectivity index (χ0) is 17.6. The van der Waals surface area contributed by atoms with Crippen molar-refractivity contribution in [3.05, 3.63) is 78.1 Å². The van der Waals surface area contributed by atoms with Crippen molar-refractivity contribution in [2.24, 2.45) is 0 Å². The van der Waals surface area contributed by atoms with Gasteiger partial charge in [-0.2, -0.15) is 0 Å². The molecule has 0 radical (unpaired) electrons. The van der Waals surface area contributed by atoms with Gasteiger partial charge in [0.05, 0.1) is 24.2 Å². The first-order valence-electron chi connectivity index (χ1n) is 7.67. The number of nitrogens with one attached hydrogen (secondary N) is 1. The Balaban J connectivity index is 1.68. The van der Waals surface area contributed by atoms with Gasteiger partial charge in [-0.1, -0.05) is 24.3 Å². The molecular formula is C19H17N3O3. The molecule has 0 saturated carbocycles. The third-order valence-corrected chi connectivity index (χ3v) is 3.69. The van der Waals surface area contributed by atoms with Crippen LogP contribution in [0.5, 0.6) is 0 Å². The zero-order valence-corrected chi connectivity index (χ0v) is 13.4. The Hall–Kier alpha value is -3.54. The molecule has 0 fully saturated rings. The second-order valence-corrected chi connectivity index (χ2v) is 5.42. The van der Waals surface area contributed by atoms with E-state index in [0.29, 0.717) is 35.8 Å². The summed E-state index contributed by atoms with van der Waals surface area (Å²) < 4.78 is 5.22. The minimum Gasteiger partial charge on any atom is -0.448 e. The molecule has 6 nitrogen and oxygen atoms in total. The summed E-state index contributed by atoms with van der Waals surface area (Å²) in [5.74, 6) is 0.221. The Kier molecular flexibility index (Phi) is 4.80. The van der Waals surface area contributed by atoms with Crippen molar-refractivity contribution in [1.29, 1.82) is 0 Å². The predicted octanol–water partition coefficient (Wildman–Crippen LogP) is 3.28. The molecule has 0 saturated heterocycles. The number of nitrogens with zero attached hydrogens (tertiary/aromatic N) is 1. The standard InChI is InChI=1S/C19H17N3O3/c20-16-4-1-2-5-17(16)21-19(24)15-9-7-14(8-10-15)12-22(13-23)18-6-3-11-25-18/h1-11,13H,12,20H2,(H,21,24). The van der Waals surface area contributed by atoms with Gasteiger partial charge in [0.15, 0.2) is 0 Å². The van der Waals surface area contributed by atoms with Gasteiger partial charge in [0.1, 0.15) is 0 Å². The predicted molar refractivity (Wildman–Crippen MR) is 96.2 cm³/mol. The van der Waals surface area contributed by atoms with Crippen LogP contribution in [0.15, 0.2) is 71.3 Å². The largest absolute Gasteiger partial charge is 0.448 e. The van der Waals surface area contributed by atoms with Crippen LogP contribution in [0.2, 0.25) is 0 Å². The average molecular weight is 335 g/mol. The monoisotopic (exact) mass is 335 g/mol. The second kappa shape index (κ2) is 7.35. The van der Waals surface area contributed by atoms with Gasteiger partial charge in [0.25, 0.3) is 5.91 Å². The van der Waals surface area contributed by atoms with E-state index in [0.717, 1.165) is 5.56 Å².